The smallest absolute Gasteiger partial charge is 0.253 e. The number of carbonyl (C=O) groups is 1. The number of aromatic nitrogens is 4. The molecule has 5 rings (SSSR count). The van der Waals surface area contributed by atoms with E-state index in [4.69, 9.17) is 5.73 Å². The maximum Gasteiger partial charge on any atom is 0.253 e. The van der Waals surface area contributed by atoms with E-state index in [1.54, 1.807) is 12.4 Å². The van der Waals surface area contributed by atoms with Crippen LogP contribution in [0.25, 0.3) is 32.9 Å². The molecule has 0 bridgehead atoms. The van der Waals surface area contributed by atoms with Crippen molar-refractivity contribution in [1.29, 1.82) is 0 Å². The number of carbonyl (C=O) groups excluding carboxylic acids is 1. The molecule has 1 aliphatic rings. The van der Waals surface area contributed by atoms with Crippen molar-refractivity contribution in [2.75, 3.05) is 31.9 Å². The van der Waals surface area contributed by atoms with Gasteiger partial charge in [0.05, 0.1) is 29.0 Å². The molecule has 154 valence electrons. The summed E-state index contributed by atoms with van der Waals surface area (Å²) in [5, 5.41) is 12.1. The number of nitrogens with one attached hydrogen (secondary N) is 3. The molecule has 3 aromatic heterocycles. The van der Waals surface area contributed by atoms with Crippen molar-refractivity contribution < 1.29 is 4.79 Å². The van der Waals surface area contributed by atoms with Crippen LogP contribution >= 0.6 is 0 Å². The van der Waals surface area contributed by atoms with Gasteiger partial charge in [-0.15, -0.1) is 0 Å². The predicted octanol–water partition coefficient (Wildman–Crippen LogP) is 2.90. The van der Waals surface area contributed by atoms with Gasteiger partial charge in [0.15, 0.2) is 0 Å². The van der Waals surface area contributed by atoms with E-state index < -0.39 is 0 Å². The first-order chi connectivity index (χ1) is 14.7. The second-order valence-electron chi connectivity index (χ2n) is 7.87. The van der Waals surface area contributed by atoms with E-state index in [0.29, 0.717) is 17.9 Å². The van der Waals surface area contributed by atoms with Crippen LogP contribution in [0.5, 0.6) is 0 Å². The third-order valence-electron chi connectivity index (χ3n) is 5.83. The average Bonchev–Trinajstić information content (AvgIpc) is 3.50. The lowest BCUT2D eigenvalue weighted by Crippen LogP contribution is -2.28. The largest absolute Gasteiger partial charge is 0.384 e. The summed E-state index contributed by atoms with van der Waals surface area (Å²) in [6, 6.07) is 5.79. The Labute approximate surface area is 173 Å². The van der Waals surface area contributed by atoms with Gasteiger partial charge >= 0.3 is 0 Å². The van der Waals surface area contributed by atoms with Crippen LogP contribution in [0, 0.1) is 0 Å². The van der Waals surface area contributed by atoms with E-state index >= 15 is 0 Å². The Hall–Kier alpha value is -3.39. The van der Waals surface area contributed by atoms with Crippen LogP contribution in [0.1, 0.15) is 29.6 Å². The van der Waals surface area contributed by atoms with E-state index in [1.165, 1.54) is 25.9 Å². The van der Waals surface area contributed by atoms with Crippen LogP contribution in [0.3, 0.4) is 0 Å². The molecular formula is C22H25N7O. The molecule has 0 aliphatic carbocycles. The van der Waals surface area contributed by atoms with E-state index in [-0.39, 0.29) is 5.91 Å². The number of hydrogen-bond donors (Lipinski definition) is 4. The molecule has 4 aromatic rings. The number of anilines is 1. The maximum absolute atomic E-state index is 13.0. The van der Waals surface area contributed by atoms with Crippen LogP contribution in [0.15, 0.2) is 36.8 Å². The van der Waals surface area contributed by atoms with Gasteiger partial charge in [0.25, 0.3) is 5.91 Å². The molecule has 0 spiro atoms. The van der Waals surface area contributed by atoms with Gasteiger partial charge in [0.1, 0.15) is 5.82 Å². The number of amides is 1. The molecule has 8 nitrogen and oxygen atoms in total. The summed E-state index contributed by atoms with van der Waals surface area (Å²) in [5.74, 6) is 0.372. The second-order valence-corrected chi connectivity index (χ2v) is 7.87. The van der Waals surface area contributed by atoms with Gasteiger partial charge in [0.2, 0.25) is 0 Å². The topological polar surface area (TPSA) is 116 Å². The number of rotatable bonds is 6. The summed E-state index contributed by atoms with van der Waals surface area (Å²) in [6.07, 6.45) is 8.91. The summed E-state index contributed by atoms with van der Waals surface area (Å²) in [7, 11) is 0. The molecule has 1 amide bonds. The van der Waals surface area contributed by atoms with Crippen LogP contribution in [0.2, 0.25) is 0 Å². The van der Waals surface area contributed by atoms with Crippen molar-refractivity contribution in [1.82, 2.24) is 30.4 Å². The predicted molar refractivity (Wildman–Crippen MR) is 118 cm³/mol. The third-order valence-corrected chi connectivity index (χ3v) is 5.83. The highest BCUT2D eigenvalue weighted by atomic mass is 16.1. The Morgan fingerprint density at radius 1 is 1.20 bits per heavy atom. The first-order valence-electron chi connectivity index (χ1n) is 10.4. The van der Waals surface area contributed by atoms with Gasteiger partial charge in [-0.1, -0.05) is 0 Å². The Morgan fingerprint density at radius 2 is 2.07 bits per heavy atom. The zero-order valence-electron chi connectivity index (χ0n) is 16.7. The Kier molecular flexibility index (Phi) is 4.84. The van der Waals surface area contributed by atoms with Crippen LogP contribution in [0.4, 0.5) is 5.82 Å². The van der Waals surface area contributed by atoms with E-state index in [0.717, 1.165) is 45.9 Å². The molecule has 1 saturated heterocycles. The van der Waals surface area contributed by atoms with Crippen molar-refractivity contribution in [3.8, 4) is 11.1 Å². The SMILES string of the molecule is Nc1cc2c(-c3cc(C(=O)NCCCN4CCCC4)c4[nH]ncc4c3)c[nH]c2cn1. The molecule has 4 heterocycles. The number of hydrogen-bond acceptors (Lipinski definition) is 5. The van der Waals surface area contributed by atoms with E-state index in [1.807, 2.05) is 24.4 Å². The molecule has 0 atom stereocenters. The quantitative estimate of drug-likeness (QED) is 0.370. The van der Waals surface area contributed by atoms with Crippen molar-refractivity contribution in [3.63, 3.8) is 0 Å². The zero-order chi connectivity index (χ0) is 20.5. The molecule has 30 heavy (non-hydrogen) atoms. The van der Waals surface area contributed by atoms with Gasteiger partial charge in [-0.25, -0.2) is 4.98 Å². The summed E-state index contributed by atoms with van der Waals surface area (Å²) < 4.78 is 0. The number of H-pyrrole nitrogens is 2. The zero-order valence-corrected chi connectivity index (χ0v) is 16.7. The normalized spacial score (nSPS) is 14.7. The second kappa shape index (κ2) is 7.79. The van der Waals surface area contributed by atoms with E-state index in [2.05, 4.69) is 30.4 Å². The van der Waals surface area contributed by atoms with Gasteiger partial charge in [-0.3, -0.25) is 9.89 Å². The number of likely N-dealkylation sites (tertiary alicyclic amines) is 1. The first-order valence-corrected chi connectivity index (χ1v) is 10.4. The molecule has 0 radical (unpaired) electrons. The molecule has 5 N–H and O–H groups in total. The third kappa shape index (κ3) is 3.50. The number of nitrogens with two attached hydrogens (primary N) is 1. The maximum atomic E-state index is 13.0. The molecular weight excluding hydrogens is 378 g/mol. The molecule has 1 aliphatic heterocycles. The highest BCUT2D eigenvalue weighted by molar-refractivity contribution is 6.08. The minimum Gasteiger partial charge on any atom is -0.384 e. The number of pyridine rings is 1. The Morgan fingerprint density at radius 3 is 2.93 bits per heavy atom. The van der Waals surface area contributed by atoms with Crippen molar-refractivity contribution >= 4 is 33.5 Å². The van der Waals surface area contributed by atoms with E-state index in [9.17, 15) is 4.79 Å². The van der Waals surface area contributed by atoms with Crippen molar-refractivity contribution in [3.05, 3.63) is 42.4 Å². The summed E-state index contributed by atoms with van der Waals surface area (Å²) in [5.41, 5.74) is 10.0. The molecule has 1 aromatic carbocycles. The summed E-state index contributed by atoms with van der Waals surface area (Å²) >= 11 is 0. The number of benzene rings is 1. The first kappa shape index (κ1) is 18.6. The lowest BCUT2D eigenvalue weighted by molar-refractivity contribution is 0.0953. The highest BCUT2D eigenvalue weighted by Gasteiger charge is 2.16. The number of nitrogens with zero attached hydrogens (tertiary/aromatic N) is 3. The van der Waals surface area contributed by atoms with Crippen LogP contribution < -0.4 is 11.1 Å². The Bertz CT molecular complexity index is 1200. The van der Waals surface area contributed by atoms with Crippen molar-refractivity contribution in [2.24, 2.45) is 0 Å². The number of aromatic amines is 2. The molecule has 0 saturated carbocycles. The van der Waals surface area contributed by atoms with Gasteiger partial charge in [-0.2, -0.15) is 5.10 Å². The fourth-order valence-corrected chi connectivity index (χ4v) is 4.27. The Balaban J connectivity index is 1.41. The lowest BCUT2D eigenvalue weighted by atomic mass is 10.00. The number of fused-ring (bicyclic) bond motifs is 2. The minimum atomic E-state index is -0.0893. The fourth-order valence-electron chi connectivity index (χ4n) is 4.27. The van der Waals surface area contributed by atoms with Gasteiger partial charge in [-0.05, 0) is 62.7 Å². The minimum absolute atomic E-state index is 0.0893. The lowest BCUT2D eigenvalue weighted by Gasteiger charge is -2.14. The number of nitrogen functional groups attached to an aromatic ring is 1. The molecule has 1 fully saturated rings. The van der Waals surface area contributed by atoms with Gasteiger partial charge in [0, 0.05) is 29.1 Å². The van der Waals surface area contributed by atoms with Crippen LogP contribution in [-0.4, -0.2) is 57.2 Å². The highest BCUT2D eigenvalue weighted by Crippen LogP contribution is 2.32. The van der Waals surface area contributed by atoms with Crippen LogP contribution in [-0.2, 0) is 0 Å². The standard InChI is InChI=1S/C22H25N7O/c23-20-10-16-18(12-25-19(16)13-26-20)14-8-15-11-27-28-21(15)17(9-14)22(30)24-4-3-7-29-5-1-2-6-29/h8-13,25H,1-7H2,(H2,23,26)(H,24,30)(H,27,28). The monoisotopic (exact) mass is 403 g/mol. The van der Waals surface area contributed by atoms with Crippen molar-refractivity contribution in [2.45, 2.75) is 19.3 Å². The molecule has 0 unspecified atom stereocenters. The fraction of sp³-hybridized carbons (Fsp3) is 0.318. The summed E-state index contributed by atoms with van der Waals surface area (Å²) in [4.78, 5) is 22.8. The summed E-state index contributed by atoms with van der Waals surface area (Å²) in [6.45, 7) is 4.04. The van der Waals surface area contributed by atoms with Gasteiger partial charge < -0.3 is 20.9 Å². The molecule has 8 heteroatoms. The average molecular weight is 403 g/mol.